The molecule has 0 saturated carbocycles. The number of aliphatic hydroxyl groups is 1. The Morgan fingerprint density at radius 2 is 1.88 bits per heavy atom. The summed E-state index contributed by atoms with van der Waals surface area (Å²) in [5.41, 5.74) is 3.35. The zero-order chi connectivity index (χ0) is 12.8. The standard InChI is InChI=1S/C13H28N2O2/c1-10(2)17-9-13(16)8-14-15-11(3)6-5-7-12(15)4/h10-14,16H,5-9H2,1-4H3. The molecule has 1 fully saturated rings. The van der Waals surface area contributed by atoms with Gasteiger partial charge in [0.15, 0.2) is 0 Å². The number of ether oxygens (including phenoxy) is 1. The maximum absolute atomic E-state index is 9.79. The van der Waals surface area contributed by atoms with Gasteiger partial charge >= 0.3 is 0 Å². The minimum absolute atomic E-state index is 0.178. The summed E-state index contributed by atoms with van der Waals surface area (Å²) < 4.78 is 5.39. The SMILES string of the molecule is CC(C)OCC(O)CNN1C(C)CCCC1C. The second-order valence-corrected chi connectivity index (χ2v) is 5.43. The molecule has 1 aliphatic rings. The highest BCUT2D eigenvalue weighted by molar-refractivity contribution is 4.77. The van der Waals surface area contributed by atoms with E-state index >= 15 is 0 Å². The van der Waals surface area contributed by atoms with Gasteiger partial charge in [0.2, 0.25) is 0 Å². The van der Waals surface area contributed by atoms with Crippen molar-refractivity contribution in [1.82, 2.24) is 10.4 Å². The van der Waals surface area contributed by atoms with Gasteiger partial charge in [-0.15, -0.1) is 0 Å². The lowest BCUT2D eigenvalue weighted by Gasteiger charge is -2.39. The van der Waals surface area contributed by atoms with Crippen molar-refractivity contribution in [3.8, 4) is 0 Å². The van der Waals surface area contributed by atoms with E-state index in [-0.39, 0.29) is 6.10 Å². The first kappa shape index (κ1) is 14.9. The van der Waals surface area contributed by atoms with Crippen LogP contribution in [-0.4, -0.2) is 47.6 Å². The fourth-order valence-corrected chi connectivity index (χ4v) is 2.31. The van der Waals surface area contributed by atoms with Crippen LogP contribution in [0.25, 0.3) is 0 Å². The molecule has 1 heterocycles. The van der Waals surface area contributed by atoms with Crippen LogP contribution in [0.3, 0.4) is 0 Å². The average molecular weight is 244 g/mol. The molecule has 2 N–H and O–H groups in total. The highest BCUT2D eigenvalue weighted by Crippen LogP contribution is 2.19. The fraction of sp³-hybridized carbons (Fsp3) is 1.00. The maximum Gasteiger partial charge on any atom is 0.0911 e. The largest absolute Gasteiger partial charge is 0.389 e. The first-order chi connectivity index (χ1) is 8.00. The van der Waals surface area contributed by atoms with Gasteiger partial charge in [-0.1, -0.05) is 6.42 Å². The molecule has 0 spiro atoms. The Balaban J connectivity index is 2.23. The smallest absolute Gasteiger partial charge is 0.0911 e. The number of nitrogens with zero attached hydrogens (tertiary/aromatic N) is 1. The summed E-state index contributed by atoms with van der Waals surface area (Å²) in [5, 5.41) is 12.1. The third-order valence-electron chi connectivity index (χ3n) is 3.32. The first-order valence-corrected chi connectivity index (χ1v) is 6.82. The van der Waals surface area contributed by atoms with Crippen molar-refractivity contribution in [2.45, 2.75) is 71.2 Å². The predicted molar refractivity (Wildman–Crippen MR) is 69.7 cm³/mol. The van der Waals surface area contributed by atoms with E-state index in [1.165, 1.54) is 19.3 Å². The Morgan fingerprint density at radius 3 is 2.41 bits per heavy atom. The number of hydrazine groups is 1. The molecule has 0 bridgehead atoms. The van der Waals surface area contributed by atoms with Gasteiger partial charge in [0, 0.05) is 18.6 Å². The first-order valence-electron chi connectivity index (χ1n) is 6.82. The Kier molecular flexibility index (Phi) is 6.41. The molecule has 102 valence electrons. The molecule has 0 aromatic carbocycles. The molecule has 1 rings (SSSR count). The van der Waals surface area contributed by atoms with E-state index in [9.17, 15) is 5.11 Å². The van der Waals surface area contributed by atoms with Gasteiger partial charge in [0.25, 0.3) is 0 Å². The Hall–Kier alpha value is -0.160. The molecule has 4 nitrogen and oxygen atoms in total. The van der Waals surface area contributed by atoms with Gasteiger partial charge in [-0.3, -0.25) is 5.43 Å². The number of rotatable bonds is 6. The third kappa shape index (κ3) is 5.34. The number of piperidine rings is 1. The van der Waals surface area contributed by atoms with Gasteiger partial charge in [0.1, 0.15) is 0 Å². The van der Waals surface area contributed by atoms with Crippen molar-refractivity contribution in [2.75, 3.05) is 13.2 Å². The summed E-state index contributed by atoms with van der Waals surface area (Å²) in [4.78, 5) is 0. The monoisotopic (exact) mass is 244 g/mol. The molecule has 0 aliphatic carbocycles. The molecule has 3 atom stereocenters. The predicted octanol–water partition coefficient (Wildman–Crippen LogP) is 1.54. The summed E-state index contributed by atoms with van der Waals surface area (Å²) in [6, 6.07) is 1.11. The number of hydrogen-bond acceptors (Lipinski definition) is 4. The van der Waals surface area contributed by atoms with Crippen molar-refractivity contribution in [3.05, 3.63) is 0 Å². The molecular formula is C13H28N2O2. The van der Waals surface area contributed by atoms with Crippen LogP contribution in [0, 0.1) is 0 Å². The molecule has 1 aliphatic heterocycles. The van der Waals surface area contributed by atoms with Gasteiger partial charge < -0.3 is 9.84 Å². The summed E-state index contributed by atoms with van der Waals surface area (Å²) in [6.07, 6.45) is 3.52. The average Bonchev–Trinajstić information content (AvgIpc) is 2.25. The second-order valence-electron chi connectivity index (χ2n) is 5.43. The van der Waals surface area contributed by atoms with Crippen LogP contribution in [0.2, 0.25) is 0 Å². The summed E-state index contributed by atoms with van der Waals surface area (Å²) in [6.45, 7) is 9.41. The second kappa shape index (κ2) is 7.31. The number of nitrogens with one attached hydrogen (secondary N) is 1. The van der Waals surface area contributed by atoms with Gasteiger partial charge in [0.05, 0.1) is 18.8 Å². The van der Waals surface area contributed by atoms with Crippen molar-refractivity contribution in [1.29, 1.82) is 0 Å². The maximum atomic E-state index is 9.79. The summed E-state index contributed by atoms with van der Waals surface area (Å²) in [5.74, 6) is 0. The lowest BCUT2D eigenvalue weighted by molar-refractivity contribution is -0.0180. The van der Waals surface area contributed by atoms with E-state index in [2.05, 4.69) is 24.3 Å². The van der Waals surface area contributed by atoms with E-state index in [0.717, 1.165) is 0 Å². The third-order valence-corrected chi connectivity index (χ3v) is 3.32. The summed E-state index contributed by atoms with van der Waals surface area (Å²) in [7, 11) is 0. The normalized spacial score (nSPS) is 28.6. The lowest BCUT2D eigenvalue weighted by Crippen LogP contribution is -2.54. The molecule has 4 heteroatoms. The van der Waals surface area contributed by atoms with E-state index in [1.807, 2.05) is 13.8 Å². The molecule has 0 aromatic heterocycles. The van der Waals surface area contributed by atoms with Crippen LogP contribution in [0.1, 0.15) is 47.0 Å². The molecule has 0 aromatic rings. The van der Waals surface area contributed by atoms with Crippen LogP contribution < -0.4 is 5.43 Å². The number of aliphatic hydroxyl groups excluding tert-OH is 1. The molecule has 1 saturated heterocycles. The number of hydrogen-bond donors (Lipinski definition) is 2. The van der Waals surface area contributed by atoms with Crippen molar-refractivity contribution >= 4 is 0 Å². The molecule has 17 heavy (non-hydrogen) atoms. The Morgan fingerprint density at radius 1 is 1.29 bits per heavy atom. The van der Waals surface area contributed by atoms with Crippen molar-refractivity contribution < 1.29 is 9.84 Å². The van der Waals surface area contributed by atoms with Crippen LogP contribution in [-0.2, 0) is 4.74 Å². The van der Waals surface area contributed by atoms with E-state index in [4.69, 9.17) is 4.74 Å². The Labute approximate surface area is 105 Å². The minimum Gasteiger partial charge on any atom is -0.389 e. The zero-order valence-corrected chi connectivity index (χ0v) is 11.6. The van der Waals surface area contributed by atoms with Crippen LogP contribution >= 0.6 is 0 Å². The van der Waals surface area contributed by atoms with Gasteiger partial charge in [-0.05, 0) is 40.5 Å². The fourth-order valence-electron chi connectivity index (χ4n) is 2.31. The zero-order valence-electron chi connectivity index (χ0n) is 11.6. The van der Waals surface area contributed by atoms with Crippen LogP contribution in [0.15, 0.2) is 0 Å². The van der Waals surface area contributed by atoms with E-state index in [0.29, 0.717) is 25.2 Å². The van der Waals surface area contributed by atoms with E-state index < -0.39 is 6.10 Å². The molecule has 0 amide bonds. The topological polar surface area (TPSA) is 44.7 Å². The quantitative estimate of drug-likeness (QED) is 0.744. The molecule has 0 radical (unpaired) electrons. The highest BCUT2D eigenvalue weighted by Gasteiger charge is 2.24. The summed E-state index contributed by atoms with van der Waals surface area (Å²) >= 11 is 0. The van der Waals surface area contributed by atoms with Gasteiger partial charge in [-0.2, -0.15) is 0 Å². The minimum atomic E-state index is -0.432. The Bertz CT molecular complexity index is 202. The van der Waals surface area contributed by atoms with Crippen LogP contribution in [0.4, 0.5) is 0 Å². The lowest BCUT2D eigenvalue weighted by atomic mass is 10.00. The van der Waals surface area contributed by atoms with Crippen LogP contribution in [0.5, 0.6) is 0 Å². The van der Waals surface area contributed by atoms with Crippen molar-refractivity contribution in [3.63, 3.8) is 0 Å². The molecule has 3 unspecified atom stereocenters. The highest BCUT2D eigenvalue weighted by atomic mass is 16.5. The van der Waals surface area contributed by atoms with Crippen molar-refractivity contribution in [2.24, 2.45) is 0 Å². The molecular weight excluding hydrogens is 216 g/mol. The van der Waals surface area contributed by atoms with E-state index in [1.54, 1.807) is 0 Å². The van der Waals surface area contributed by atoms with Gasteiger partial charge in [-0.25, -0.2) is 5.01 Å².